The number of aromatic nitrogens is 1. The molecule has 0 aliphatic heterocycles. The van der Waals surface area contributed by atoms with Crippen LogP contribution in [0.5, 0.6) is 0 Å². The summed E-state index contributed by atoms with van der Waals surface area (Å²) in [6.45, 7) is 8.27. The van der Waals surface area contributed by atoms with Crippen LogP contribution in [0.1, 0.15) is 206 Å². The average molecular weight is 529 g/mol. The number of unbranched alkanes of at least 4 members (excludes halogenated alkanes) is 24. The van der Waals surface area contributed by atoms with Gasteiger partial charge in [-0.3, -0.25) is 0 Å². The van der Waals surface area contributed by atoms with Gasteiger partial charge in [0.1, 0.15) is 6.54 Å². The Morgan fingerprint density at radius 3 is 1.26 bits per heavy atom. The van der Waals surface area contributed by atoms with Gasteiger partial charge in [-0.15, -0.1) is 0 Å². The molecule has 0 radical (unpaired) electrons. The molecule has 1 aromatic heterocycles. The highest BCUT2D eigenvalue weighted by Gasteiger charge is 2.16. The molecule has 222 valence electrons. The molecule has 0 saturated heterocycles. The summed E-state index contributed by atoms with van der Waals surface area (Å²) in [6, 6.07) is 6.86. The van der Waals surface area contributed by atoms with Crippen molar-refractivity contribution >= 4 is 0 Å². The van der Waals surface area contributed by atoms with E-state index in [1.165, 1.54) is 180 Å². The van der Waals surface area contributed by atoms with Gasteiger partial charge in [0.05, 0.1) is 0 Å². The van der Waals surface area contributed by atoms with Gasteiger partial charge < -0.3 is 0 Å². The summed E-state index contributed by atoms with van der Waals surface area (Å²) in [4.78, 5) is 0. The van der Waals surface area contributed by atoms with E-state index in [2.05, 4.69) is 49.7 Å². The fraction of sp³-hybridized carbons (Fsp3) is 0.865. The fourth-order valence-corrected chi connectivity index (χ4v) is 6.06. The van der Waals surface area contributed by atoms with Gasteiger partial charge in [-0.1, -0.05) is 181 Å². The van der Waals surface area contributed by atoms with Crippen LogP contribution in [0.15, 0.2) is 24.4 Å². The van der Waals surface area contributed by atoms with E-state index < -0.39 is 0 Å². The van der Waals surface area contributed by atoms with Crippen molar-refractivity contribution in [1.82, 2.24) is 0 Å². The van der Waals surface area contributed by atoms with Crippen LogP contribution in [0.3, 0.4) is 0 Å². The van der Waals surface area contributed by atoms with Crippen LogP contribution in [0, 0.1) is 0 Å². The zero-order valence-electron chi connectivity index (χ0n) is 26.6. The molecule has 0 bridgehead atoms. The molecule has 0 saturated carbocycles. The quantitative estimate of drug-likeness (QED) is 0.0719. The second-order valence-corrected chi connectivity index (χ2v) is 12.5. The van der Waals surface area contributed by atoms with Crippen LogP contribution < -0.4 is 4.57 Å². The summed E-state index contributed by atoms with van der Waals surface area (Å²) in [5.74, 6) is 0.686. The van der Waals surface area contributed by atoms with Gasteiger partial charge in [0.15, 0.2) is 11.9 Å². The zero-order valence-corrected chi connectivity index (χ0v) is 26.6. The number of nitrogens with zero attached hydrogens (tertiary/aromatic N) is 1. The van der Waals surface area contributed by atoms with Gasteiger partial charge in [0.2, 0.25) is 0 Å². The van der Waals surface area contributed by atoms with Gasteiger partial charge in [-0.25, -0.2) is 4.57 Å². The highest BCUT2D eigenvalue weighted by molar-refractivity contribution is 5.02. The molecule has 1 heteroatoms. The molecule has 1 aromatic rings. The van der Waals surface area contributed by atoms with Crippen molar-refractivity contribution in [2.45, 2.75) is 207 Å². The molecule has 1 unspecified atom stereocenters. The molecule has 0 amide bonds. The Hall–Kier alpha value is -0.850. The summed E-state index contributed by atoms with van der Waals surface area (Å²) in [5, 5.41) is 0. The van der Waals surface area contributed by atoms with E-state index in [9.17, 15) is 0 Å². The number of rotatable bonds is 29. The molecule has 1 heterocycles. The lowest BCUT2D eigenvalue weighted by molar-refractivity contribution is -0.705. The Kier molecular flexibility index (Phi) is 25.6. The van der Waals surface area contributed by atoms with Crippen LogP contribution in [-0.2, 0) is 6.54 Å². The first-order valence-corrected chi connectivity index (χ1v) is 17.8. The first-order valence-electron chi connectivity index (χ1n) is 17.8. The minimum absolute atomic E-state index is 0.686. The summed E-state index contributed by atoms with van der Waals surface area (Å²) in [5.41, 5.74) is 1.56. The molecular formula is C37H70N+. The van der Waals surface area contributed by atoms with E-state index >= 15 is 0 Å². The predicted octanol–water partition coefficient (Wildman–Crippen LogP) is 12.7. The van der Waals surface area contributed by atoms with Gasteiger partial charge in [-0.05, 0) is 12.8 Å². The summed E-state index contributed by atoms with van der Waals surface area (Å²) >= 11 is 0. The smallest absolute Gasteiger partial charge is 0.184 e. The Morgan fingerprint density at radius 2 is 0.842 bits per heavy atom. The van der Waals surface area contributed by atoms with E-state index in [-0.39, 0.29) is 0 Å². The Labute approximate surface area is 241 Å². The number of pyridine rings is 1. The molecule has 0 aliphatic carbocycles. The molecule has 0 spiro atoms. The van der Waals surface area contributed by atoms with Crippen molar-refractivity contribution in [2.24, 2.45) is 0 Å². The second-order valence-electron chi connectivity index (χ2n) is 12.5. The van der Waals surface area contributed by atoms with E-state index in [0.29, 0.717) is 5.92 Å². The second kappa shape index (κ2) is 27.7. The van der Waals surface area contributed by atoms with Crippen molar-refractivity contribution in [3.8, 4) is 0 Å². The van der Waals surface area contributed by atoms with E-state index in [4.69, 9.17) is 0 Å². The molecule has 0 aromatic carbocycles. The molecule has 1 nitrogen and oxygen atoms in total. The standard InChI is InChI=1S/C37H70N/c1-4-6-8-10-12-14-16-18-19-20-22-24-26-28-32-36(3)37-33-29-31-35-38(37)34-30-27-25-23-21-17-15-13-11-9-7-5-2/h29,31,33,35-36H,4-28,30,32,34H2,1-3H3/q+1. The van der Waals surface area contributed by atoms with E-state index in [1.54, 1.807) is 5.69 Å². The monoisotopic (exact) mass is 529 g/mol. The summed E-state index contributed by atoms with van der Waals surface area (Å²) in [7, 11) is 0. The van der Waals surface area contributed by atoms with Crippen LogP contribution in [0.4, 0.5) is 0 Å². The lowest BCUT2D eigenvalue weighted by Gasteiger charge is -2.11. The molecule has 0 fully saturated rings. The summed E-state index contributed by atoms with van der Waals surface area (Å²) < 4.78 is 2.56. The lowest BCUT2D eigenvalue weighted by Crippen LogP contribution is -2.38. The maximum Gasteiger partial charge on any atom is 0.184 e. The third-order valence-electron chi connectivity index (χ3n) is 8.72. The first-order chi connectivity index (χ1) is 18.8. The predicted molar refractivity (Wildman–Crippen MR) is 171 cm³/mol. The fourth-order valence-electron chi connectivity index (χ4n) is 6.06. The van der Waals surface area contributed by atoms with Gasteiger partial charge >= 0.3 is 0 Å². The topological polar surface area (TPSA) is 3.88 Å². The van der Waals surface area contributed by atoms with Crippen LogP contribution >= 0.6 is 0 Å². The third-order valence-corrected chi connectivity index (χ3v) is 8.72. The average Bonchev–Trinajstić information content (AvgIpc) is 2.94. The minimum atomic E-state index is 0.686. The Morgan fingerprint density at radius 1 is 0.474 bits per heavy atom. The highest BCUT2D eigenvalue weighted by Crippen LogP contribution is 2.20. The Balaban J connectivity index is 2.01. The first kappa shape index (κ1) is 35.2. The molecular weight excluding hydrogens is 458 g/mol. The number of aryl methyl sites for hydroxylation is 1. The van der Waals surface area contributed by atoms with E-state index in [1.807, 2.05) is 0 Å². The van der Waals surface area contributed by atoms with Gasteiger partial charge in [0, 0.05) is 24.5 Å². The van der Waals surface area contributed by atoms with Crippen molar-refractivity contribution in [2.75, 3.05) is 0 Å². The number of hydrogen-bond donors (Lipinski definition) is 0. The Bertz CT molecular complexity index is 594. The number of hydrogen-bond acceptors (Lipinski definition) is 0. The maximum absolute atomic E-state index is 2.56. The van der Waals surface area contributed by atoms with Crippen LogP contribution in [0.2, 0.25) is 0 Å². The van der Waals surface area contributed by atoms with E-state index in [0.717, 1.165) is 0 Å². The SMILES string of the molecule is CCCCCCCCCCCCCCCCC(C)c1cccc[n+]1CCCCCCCCCCCCCC. The van der Waals surface area contributed by atoms with Gasteiger partial charge in [-0.2, -0.15) is 0 Å². The molecule has 0 N–H and O–H groups in total. The molecule has 1 atom stereocenters. The molecule has 38 heavy (non-hydrogen) atoms. The molecule has 1 rings (SSSR count). The van der Waals surface area contributed by atoms with Crippen molar-refractivity contribution in [3.05, 3.63) is 30.1 Å². The van der Waals surface area contributed by atoms with Crippen molar-refractivity contribution in [3.63, 3.8) is 0 Å². The van der Waals surface area contributed by atoms with Crippen molar-refractivity contribution < 1.29 is 4.57 Å². The maximum atomic E-state index is 2.56. The van der Waals surface area contributed by atoms with Crippen molar-refractivity contribution in [1.29, 1.82) is 0 Å². The normalized spacial score (nSPS) is 12.3. The lowest BCUT2D eigenvalue weighted by atomic mass is 9.97. The van der Waals surface area contributed by atoms with Gasteiger partial charge in [0.25, 0.3) is 0 Å². The summed E-state index contributed by atoms with van der Waals surface area (Å²) in [6.07, 6.45) is 41.1. The molecule has 0 aliphatic rings. The largest absolute Gasteiger partial charge is 0.202 e. The zero-order chi connectivity index (χ0) is 27.4. The van der Waals surface area contributed by atoms with Crippen LogP contribution in [-0.4, -0.2) is 0 Å². The van der Waals surface area contributed by atoms with Crippen LogP contribution in [0.25, 0.3) is 0 Å². The third kappa shape index (κ3) is 21.0. The minimum Gasteiger partial charge on any atom is -0.202 e. The highest BCUT2D eigenvalue weighted by atomic mass is 15.0.